The molecule has 1 amide bonds. The fourth-order valence-corrected chi connectivity index (χ4v) is 2.34. The van der Waals surface area contributed by atoms with Crippen molar-refractivity contribution >= 4 is 15.9 Å². The van der Waals surface area contributed by atoms with E-state index < -0.39 is 39.8 Å². The first-order valence-electron chi connectivity index (χ1n) is 4.63. The molecule has 1 saturated carbocycles. The Labute approximate surface area is 88.3 Å². The van der Waals surface area contributed by atoms with E-state index in [-0.39, 0.29) is 0 Å². The largest absolute Gasteiger partial charge is 0.395 e. The van der Waals surface area contributed by atoms with Crippen molar-refractivity contribution in [2.75, 3.05) is 13.2 Å². The van der Waals surface area contributed by atoms with E-state index in [4.69, 9.17) is 10.2 Å². The van der Waals surface area contributed by atoms with Crippen molar-refractivity contribution in [1.82, 2.24) is 4.72 Å². The zero-order valence-corrected chi connectivity index (χ0v) is 9.25. The summed E-state index contributed by atoms with van der Waals surface area (Å²) in [5.74, 6) is -0.862. The highest BCUT2D eigenvalue weighted by molar-refractivity contribution is 7.90. The van der Waals surface area contributed by atoms with Crippen LogP contribution in [0.4, 0.5) is 0 Å². The average molecular weight is 237 g/mol. The van der Waals surface area contributed by atoms with Crippen LogP contribution in [0.1, 0.15) is 19.8 Å². The van der Waals surface area contributed by atoms with Crippen LogP contribution in [0.15, 0.2) is 0 Å². The third-order valence-corrected chi connectivity index (χ3v) is 4.26. The maximum atomic E-state index is 11.5. The summed E-state index contributed by atoms with van der Waals surface area (Å²) in [5, 5.41) is 17.3. The molecule has 0 atom stereocenters. The van der Waals surface area contributed by atoms with Gasteiger partial charge >= 0.3 is 0 Å². The monoisotopic (exact) mass is 237 g/mol. The molecule has 0 aliphatic heterocycles. The Bertz CT molecular complexity index is 342. The molecule has 0 aromatic rings. The van der Waals surface area contributed by atoms with E-state index in [9.17, 15) is 13.2 Å². The van der Waals surface area contributed by atoms with Crippen LogP contribution in [0.5, 0.6) is 0 Å². The topological polar surface area (TPSA) is 104 Å². The van der Waals surface area contributed by atoms with Gasteiger partial charge in [0.2, 0.25) is 15.9 Å². The Morgan fingerprint density at radius 3 is 2.20 bits per heavy atom. The summed E-state index contributed by atoms with van der Waals surface area (Å²) in [4.78, 5) is 11.5. The Hall–Kier alpha value is -0.660. The Morgan fingerprint density at radius 2 is 1.87 bits per heavy atom. The second kappa shape index (κ2) is 4.07. The van der Waals surface area contributed by atoms with E-state index in [1.165, 1.54) is 6.92 Å². The van der Waals surface area contributed by atoms with Crippen molar-refractivity contribution in [3.8, 4) is 0 Å². The summed E-state index contributed by atoms with van der Waals surface area (Å²) in [6.45, 7) is 0.0930. The molecule has 1 fully saturated rings. The SMILES string of the molecule is CC(CO)(CO)C(=O)NS(=O)(=O)C1CC1. The van der Waals surface area contributed by atoms with Gasteiger partial charge in [0.05, 0.1) is 23.9 Å². The molecule has 0 unspecified atom stereocenters. The Balaban J connectivity index is 2.69. The van der Waals surface area contributed by atoms with Crippen molar-refractivity contribution in [3.05, 3.63) is 0 Å². The molecule has 3 N–H and O–H groups in total. The molecule has 0 saturated heterocycles. The molecule has 0 bridgehead atoms. The molecule has 88 valence electrons. The number of rotatable bonds is 5. The lowest BCUT2D eigenvalue weighted by atomic mass is 9.92. The number of sulfonamides is 1. The minimum atomic E-state index is -3.61. The third-order valence-electron chi connectivity index (χ3n) is 2.44. The lowest BCUT2D eigenvalue weighted by Crippen LogP contribution is -2.47. The first-order valence-corrected chi connectivity index (χ1v) is 6.18. The summed E-state index contributed by atoms with van der Waals surface area (Å²) in [6, 6.07) is 0. The summed E-state index contributed by atoms with van der Waals surface area (Å²) >= 11 is 0. The fraction of sp³-hybridized carbons (Fsp3) is 0.875. The quantitative estimate of drug-likeness (QED) is 0.545. The maximum absolute atomic E-state index is 11.5. The number of carbonyl (C=O) groups is 1. The molecule has 0 heterocycles. The van der Waals surface area contributed by atoms with Crippen LogP contribution in [-0.2, 0) is 14.8 Å². The highest BCUT2D eigenvalue weighted by Crippen LogP contribution is 2.28. The first kappa shape index (κ1) is 12.4. The number of aliphatic hydroxyl groups excluding tert-OH is 2. The second-order valence-corrected chi connectivity index (χ2v) is 6.01. The van der Waals surface area contributed by atoms with Gasteiger partial charge in [-0.2, -0.15) is 0 Å². The van der Waals surface area contributed by atoms with Crippen LogP contribution >= 0.6 is 0 Å². The normalized spacial score (nSPS) is 17.5. The van der Waals surface area contributed by atoms with Gasteiger partial charge < -0.3 is 10.2 Å². The predicted octanol–water partition coefficient (Wildman–Crippen LogP) is -1.41. The highest BCUT2D eigenvalue weighted by Gasteiger charge is 2.41. The smallest absolute Gasteiger partial charge is 0.244 e. The number of hydrogen-bond acceptors (Lipinski definition) is 5. The third kappa shape index (κ3) is 2.67. The van der Waals surface area contributed by atoms with Gasteiger partial charge in [-0.15, -0.1) is 0 Å². The number of hydrogen-bond donors (Lipinski definition) is 3. The highest BCUT2D eigenvalue weighted by atomic mass is 32.2. The van der Waals surface area contributed by atoms with Gasteiger partial charge in [0, 0.05) is 0 Å². The van der Waals surface area contributed by atoms with Crippen LogP contribution in [0.3, 0.4) is 0 Å². The van der Waals surface area contributed by atoms with Crippen molar-refractivity contribution < 1.29 is 23.4 Å². The minimum Gasteiger partial charge on any atom is -0.395 e. The van der Waals surface area contributed by atoms with E-state index in [0.29, 0.717) is 12.8 Å². The van der Waals surface area contributed by atoms with Crippen LogP contribution in [0.2, 0.25) is 0 Å². The zero-order chi connectivity index (χ0) is 11.7. The van der Waals surface area contributed by atoms with Gasteiger partial charge in [0.25, 0.3) is 0 Å². The minimum absolute atomic E-state index is 0.497. The van der Waals surface area contributed by atoms with E-state index in [0.717, 1.165) is 0 Å². The molecule has 0 radical (unpaired) electrons. The zero-order valence-electron chi connectivity index (χ0n) is 8.43. The van der Waals surface area contributed by atoms with Crippen molar-refractivity contribution in [1.29, 1.82) is 0 Å². The first-order chi connectivity index (χ1) is 6.85. The number of aliphatic hydroxyl groups is 2. The van der Waals surface area contributed by atoms with E-state index in [1.54, 1.807) is 0 Å². The van der Waals surface area contributed by atoms with Gasteiger partial charge in [-0.05, 0) is 19.8 Å². The van der Waals surface area contributed by atoms with Gasteiger partial charge in [-0.1, -0.05) is 0 Å². The van der Waals surface area contributed by atoms with Crippen molar-refractivity contribution in [2.45, 2.75) is 25.0 Å². The van der Waals surface area contributed by atoms with Crippen LogP contribution in [-0.4, -0.2) is 43.0 Å². The van der Waals surface area contributed by atoms with Gasteiger partial charge in [-0.25, -0.2) is 8.42 Å². The second-order valence-electron chi connectivity index (χ2n) is 4.05. The molecule has 0 aromatic heterocycles. The van der Waals surface area contributed by atoms with Gasteiger partial charge in [-0.3, -0.25) is 9.52 Å². The standard InChI is InChI=1S/C8H15NO5S/c1-8(4-10,5-11)7(12)9-15(13,14)6-2-3-6/h6,10-11H,2-5H2,1H3,(H,9,12). The average Bonchev–Trinajstić information content (AvgIpc) is 2.99. The number of amides is 1. The molecule has 6 nitrogen and oxygen atoms in total. The summed E-state index contributed by atoms with van der Waals surface area (Å²) in [6.07, 6.45) is 1.11. The summed E-state index contributed by atoms with van der Waals surface area (Å²) in [7, 11) is -3.61. The van der Waals surface area contributed by atoms with E-state index in [2.05, 4.69) is 0 Å². The molecule has 1 aliphatic rings. The Kier molecular flexibility index (Phi) is 3.37. The van der Waals surface area contributed by atoms with Gasteiger partial charge in [0.15, 0.2) is 0 Å². The van der Waals surface area contributed by atoms with Crippen LogP contribution in [0.25, 0.3) is 0 Å². The number of nitrogens with one attached hydrogen (secondary N) is 1. The number of carbonyl (C=O) groups excluding carboxylic acids is 1. The molecule has 15 heavy (non-hydrogen) atoms. The lowest BCUT2D eigenvalue weighted by Gasteiger charge is -2.22. The van der Waals surface area contributed by atoms with E-state index >= 15 is 0 Å². The van der Waals surface area contributed by atoms with Crippen LogP contribution in [0, 0.1) is 5.41 Å². The molecular weight excluding hydrogens is 222 g/mol. The maximum Gasteiger partial charge on any atom is 0.244 e. The molecule has 7 heteroatoms. The molecule has 1 rings (SSSR count). The molecule has 0 spiro atoms. The Morgan fingerprint density at radius 1 is 1.40 bits per heavy atom. The molecule has 1 aliphatic carbocycles. The summed E-state index contributed by atoms with van der Waals surface area (Å²) in [5.41, 5.74) is -1.46. The van der Waals surface area contributed by atoms with Crippen molar-refractivity contribution in [3.63, 3.8) is 0 Å². The molecular formula is C8H15NO5S. The van der Waals surface area contributed by atoms with Crippen molar-refractivity contribution in [2.24, 2.45) is 5.41 Å². The van der Waals surface area contributed by atoms with Crippen LogP contribution < -0.4 is 4.72 Å². The van der Waals surface area contributed by atoms with E-state index in [1.807, 2.05) is 4.72 Å². The predicted molar refractivity (Wildman–Crippen MR) is 52.4 cm³/mol. The lowest BCUT2D eigenvalue weighted by molar-refractivity contribution is -0.132. The fourth-order valence-electron chi connectivity index (χ4n) is 0.908. The van der Waals surface area contributed by atoms with Gasteiger partial charge in [0.1, 0.15) is 0 Å². The summed E-state index contributed by atoms with van der Waals surface area (Å²) < 4.78 is 24.6. The molecule has 0 aromatic carbocycles.